The van der Waals surface area contributed by atoms with E-state index in [-0.39, 0.29) is 35.2 Å². The van der Waals surface area contributed by atoms with Gasteiger partial charge >= 0.3 is 5.97 Å². The molecule has 3 rings (SSSR count). The molecule has 4 nitrogen and oxygen atoms in total. The Morgan fingerprint density at radius 3 is 2.57 bits per heavy atom. The summed E-state index contributed by atoms with van der Waals surface area (Å²) in [5.74, 6) is 1.33. The molecule has 0 aromatic heterocycles. The maximum Gasteiger partial charge on any atom is 0.308 e. The molecule has 0 bridgehead atoms. The van der Waals surface area contributed by atoms with E-state index in [0.717, 1.165) is 25.7 Å². The Morgan fingerprint density at radius 2 is 1.90 bits per heavy atom. The Kier molecular flexibility index (Phi) is 7.05. The fraction of sp³-hybridized carbons (Fsp3) is 0.800. The third kappa shape index (κ3) is 5.28. The lowest BCUT2D eigenvalue weighted by atomic mass is 9.65. The van der Waals surface area contributed by atoms with Crippen molar-refractivity contribution in [1.29, 1.82) is 0 Å². The van der Waals surface area contributed by atoms with Crippen LogP contribution in [0.3, 0.4) is 0 Å². The van der Waals surface area contributed by atoms with Gasteiger partial charge in [0.25, 0.3) is 0 Å². The molecule has 2 aliphatic carbocycles. The second kappa shape index (κ2) is 8.91. The molecule has 0 aromatic rings. The first-order valence-electron chi connectivity index (χ1n) is 11.8. The number of cyclic esters (lactones) is 1. The summed E-state index contributed by atoms with van der Waals surface area (Å²) in [5, 5.41) is 10.9. The Labute approximate surface area is 184 Å². The number of esters is 1. The van der Waals surface area contributed by atoms with E-state index in [4.69, 9.17) is 9.16 Å². The molecule has 0 aromatic carbocycles. The van der Waals surface area contributed by atoms with E-state index in [1.165, 1.54) is 5.57 Å². The third-order valence-corrected chi connectivity index (χ3v) is 12.5. The second-order valence-electron chi connectivity index (χ2n) is 11.5. The van der Waals surface area contributed by atoms with Crippen LogP contribution >= 0.6 is 0 Å². The highest BCUT2D eigenvalue weighted by Crippen LogP contribution is 2.44. The van der Waals surface area contributed by atoms with Crippen LogP contribution in [0.25, 0.3) is 0 Å². The number of carbonyl (C=O) groups excluding carboxylic acids is 1. The van der Waals surface area contributed by atoms with Crippen molar-refractivity contribution in [2.75, 3.05) is 0 Å². The number of aliphatic hydroxyl groups excluding tert-OH is 1. The zero-order valence-corrected chi connectivity index (χ0v) is 21.0. The number of ether oxygens (including phenoxy) is 1. The Balaban J connectivity index is 1.64. The monoisotopic (exact) mass is 434 g/mol. The van der Waals surface area contributed by atoms with Crippen LogP contribution in [0.1, 0.15) is 66.7 Å². The molecular formula is C25H42O4Si. The van der Waals surface area contributed by atoms with Gasteiger partial charge in [-0.1, -0.05) is 52.8 Å². The van der Waals surface area contributed by atoms with Gasteiger partial charge in [0.05, 0.1) is 18.6 Å². The summed E-state index contributed by atoms with van der Waals surface area (Å²) in [4.78, 5) is 12.3. The predicted molar refractivity (Wildman–Crippen MR) is 124 cm³/mol. The van der Waals surface area contributed by atoms with Gasteiger partial charge in [0.1, 0.15) is 6.10 Å². The van der Waals surface area contributed by atoms with E-state index in [9.17, 15) is 9.90 Å². The Morgan fingerprint density at radius 1 is 1.20 bits per heavy atom. The van der Waals surface area contributed by atoms with E-state index in [1.54, 1.807) is 0 Å². The molecule has 1 saturated heterocycles. The van der Waals surface area contributed by atoms with Crippen LogP contribution in [0.4, 0.5) is 0 Å². The quantitative estimate of drug-likeness (QED) is 0.450. The third-order valence-electron chi connectivity index (χ3n) is 7.93. The van der Waals surface area contributed by atoms with Crippen LogP contribution in [0.5, 0.6) is 0 Å². The van der Waals surface area contributed by atoms with Gasteiger partial charge in [0.2, 0.25) is 0 Å². The van der Waals surface area contributed by atoms with Crippen LogP contribution in [-0.2, 0) is 14.0 Å². The van der Waals surface area contributed by atoms with Gasteiger partial charge in [-0.15, -0.1) is 0 Å². The van der Waals surface area contributed by atoms with Crippen molar-refractivity contribution in [3.05, 3.63) is 23.8 Å². The van der Waals surface area contributed by atoms with Gasteiger partial charge in [-0.05, 0) is 60.7 Å². The van der Waals surface area contributed by atoms with Crippen LogP contribution in [0, 0.1) is 23.7 Å². The van der Waals surface area contributed by atoms with Crippen molar-refractivity contribution < 1.29 is 19.1 Å². The number of carbonyl (C=O) groups is 1. The van der Waals surface area contributed by atoms with Crippen molar-refractivity contribution >= 4 is 14.3 Å². The fourth-order valence-corrected chi connectivity index (χ4v) is 6.58. The predicted octanol–water partition coefficient (Wildman–Crippen LogP) is 5.63. The van der Waals surface area contributed by atoms with E-state index in [0.29, 0.717) is 24.2 Å². The number of hydrogen-bond acceptors (Lipinski definition) is 4. The Hall–Kier alpha value is -0.913. The highest BCUT2D eigenvalue weighted by atomic mass is 28.4. The highest BCUT2D eigenvalue weighted by Gasteiger charge is 2.42. The van der Waals surface area contributed by atoms with Gasteiger partial charge in [-0.2, -0.15) is 0 Å². The normalized spacial score (nSPS) is 37.4. The van der Waals surface area contributed by atoms with E-state index >= 15 is 0 Å². The number of allylic oxidation sites excluding steroid dienone is 3. The molecule has 0 radical (unpaired) electrons. The number of fused-ring (bicyclic) bond motifs is 1. The molecule has 170 valence electrons. The minimum absolute atomic E-state index is 0.0302. The van der Waals surface area contributed by atoms with Crippen molar-refractivity contribution in [2.45, 2.75) is 103 Å². The van der Waals surface area contributed by atoms with Crippen molar-refractivity contribution in [2.24, 2.45) is 23.7 Å². The first kappa shape index (κ1) is 23.7. The van der Waals surface area contributed by atoms with E-state index in [2.05, 4.69) is 65.9 Å². The molecule has 3 aliphatic rings. The molecule has 0 spiro atoms. The van der Waals surface area contributed by atoms with Crippen LogP contribution in [0.15, 0.2) is 23.8 Å². The maximum atomic E-state index is 12.3. The summed E-state index contributed by atoms with van der Waals surface area (Å²) in [6, 6.07) is 0. The SMILES string of the molecule is C[C@@H]1C=C2C=C[C@H](C)[C@H](CC[C@@H]3C[C@H](O[Si](C)(C)C(C)(C)C)CC(=O)O3)[C@@H]2[C@@H](O)C1. The molecule has 0 unspecified atom stereocenters. The van der Waals surface area contributed by atoms with Gasteiger partial charge in [-0.3, -0.25) is 4.79 Å². The first-order chi connectivity index (χ1) is 13.9. The summed E-state index contributed by atoms with van der Waals surface area (Å²) >= 11 is 0. The topological polar surface area (TPSA) is 55.8 Å². The molecular weight excluding hydrogens is 392 g/mol. The zero-order valence-electron chi connectivity index (χ0n) is 20.0. The van der Waals surface area contributed by atoms with Crippen molar-refractivity contribution in [3.63, 3.8) is 0 Å². The van der Waals surface area contributed by atoms with E-state index < -0.39 is 8.32 Å². The van der Waals surface area contributed by atoms with Gasteiger partial charge in [0.15, 0.2) is 8.32 Å². The minimum atomic E-state index is -1.91. The number of hydrogen-bond donors (Lipinski definition) is 1. The minimum Gasteiger partial charge on any atom is -0.462 e. The molecule has 5 heteroatoms. The molecule has 30 heavy (non-hydrogen) atoms. The standard InChI is InChI=1S/C25H42O4Si/c1-16-12-18-9-8-17(2)21(24(18)22(26)13-16)11-10-19-14-20(15-23(27)28-19)29-30(6,7)25(3,4)5/h8-9,12,16-17,19-22,24,26H,10-11,13-15H2,1-7H3/t16-,17+,19-,20+,21+,22+,24-/m1/s1. The van der Waals surface area contributed by atoms with Crippen molar-refractivity contribution in [1.82, 2.24) is 0 Å². The highest BCUT2D eigenvalue weighted by molar-refractivity contribution is 6.74. The molecule has 7 atom stereocenters. The second-order valence-corrected chi connectivity index (χ2v) is 16.2. The number of aliphatic hydroxyl groups is 1. The average Bonchev–Trinajstić information content (AvgIpc) is 2.59. The van der Waals surface area contributed by atoms with Crippen LogP contribution in [-0.4, -0.2) is 37.7 Å². The molecule has 1 N–H and O–H groups in total. The first-order valence-corrected chi connectivity index (χ1v) is 14.7. The number of rotatable bonds is 5. The molecule has 1 fully saturated rings. The summed E-state index contributed by atoms with van der Waals surface area (Å²) in [6.45, 7) is 15.6. The van der Waals surface area contributed by atoms with Gasteiger partial charge < -0.3 is 14.3 Å². The van der Waals surface area contributed by atoms with Crippen molar-refractivity contribution in [3.8, 4) is 0 Å². The summed E-state index contributed by atoms with van der Waals surface area (Å²) in [7, 11) is -1.91. The smallest absolute Gasteiger partial charge is 0.308 e. The molecule has 1 heterocycles. The summed E-state index contributed by atoms with van der Waals surface area (Å²) in [6.07, 6.45) is 10.3. The maximum absolute atomic E-state index is 12.3. The Bertz CT molecular complexity index is 690. The zero-order chi connectivity index (χ0) is 22.3. The summed E-state index contributed by atoms with van der Waals surface area (Å²) in [5.41, 5.74) is 1.30. The van der Waals surface area contributed by atoms with Crippen LogP contribution in [0.2, 0.25) is 18.1 Å². The summed E-state index contributed by atoms with van der Waals surface area (Å²) < 4.78 is 12.3. The largest absolute Gasteiger partial charge is 0.462 e. The lowest BCUT2D eigenvalue weighted by molar-refractivity contribution is -0.160. The van der Waals surface area contributed by atoms with Crippen LogP contribution < -0.4 is 0 Å². The lowest BCUT2D eigenvalue weighted by Crippen LogP contribution is -2.47. The molecule has 0 amide bonds. The molecule has 0 saturated carbocycles. The lowest BCUT2D eigenvalue weighted by Gasteiger charge is -2.43. The van der Waals surface area contributed by atoms with Gasteiger partial charge in [0, 0.05) is 12.3 Å². The fourth-order valence-electron chi connectivity index (χ4n) is 5.21. The van der Waals surface area contributed by atoms with Gasteiger partial charge in [-0.25, -0.2) is 0 Å². The average molecular weight is 435 g/mol. The van der Waals surface area contributed by atoms with E-state index in [1.807, 2.05) is 0 Å². The molecule has 1 aliphatic heterocycles.